The summed E-state index contributed by atoms with van der Waals surface area (Å²) in [4.78, 5) is 20.1. The van der Waals surface area contributed by atoms with Gasteiger partial charge in [0.15, 0.2) is 0 Å². The van der Waals surface area contributed by atoms with Crippen molar-refractivity contribution in [3.63, 3.8) is 0 Å². The van der Waals surface area contributed by atoms with E-state index in [1.165, 1.54) is 24.2 Å². The summed E-state index contributed by atoms with van der Waals surface area (Å²) in [6, 6.07) is 3.70. The lowest BCUT2D eigenvalue weighted by atomic mass is 10.1. The number of pyridine rings is 1. The summed E-state index contributed by atoms with van der Waals surface area (Å²) in [5.74, 6) is -0.839. The first-order chi connectivity index (χ1) is 10.9. The van der Waals surface area contributed by atoms with Crippen molar-refractivity contribution in [2.75, 3.05) is 35.2 Å². The topological polar surface area (TPSA) is 70.6 Å². The van der Waals surface area contributed by atoms with Gasteiger partial charge in [-0.25, -0.2) is 4.98 Å². The first-order valence-electron chi connectivity index (χ1n) is 7.86. The van der Waals surface area contributed by atoms with Gasteiger partial charge in [0.1, 0.15) is 5.82 Å². The second-order valence-electron chi connectivity index (χ2n) is 6.20. The zero-order valence-corrected chi connectivity index (χ0v) is 13.6. The Balaban J connectivity index is 1.68. The largest absolute Gasteiger partial charge is 0.370 e. The van der Waals surface area contributed by atoms with Gasteiger partial charge in [-0.05, 0) is 31.4 Å². The van der Waals surface area contributed by atoms with Gasteiger partial charge in [-0.1, -0.05) is 0 Å². The van der Waals surface area contributed by atoms with Crippen LogP contribution in [0, 0.1) is 5.92 Å². The van der Waals surface area contributed by atoms with Crippen molar-refractivity contribution >= 4 is 27.6 Å². The predicted octanol–water partition coefficient (Wildman–Crippen LogP) is 1.72. The molecule has 2 fully saturated rings. The minimum Gasteiger partial charge on any atom is -0.370 e. The molecule has 3 heterocycles. The number of carbonyl (C=O) groups excluding carboxylic acids is 1. The highest BCUT2D eigenvalue weighted by Gasteiger charge is 2.34. The van der Waals surface area contributed by atoms with Crippen molar-refractivity contribution in [3.8, 4) is 0 Å². The van der Waals surface area contributed by atoms with Crippen molar-refractivity contribution in [3.05, 3.63) is 18.3 Å². The van der Waals surface area contributed by atoms with E-state index in [0.29, 0.717) is 5.82 Å². The van der Waals surface area contributed by atoms with Crippen LogP contribution in [0.1, 0.15) is 25.7 Å². The standard InChI is InChI=1S/C15H20FN3O3S/c16-23(21,22)11-12-8-15(20)19(10-12)14-5-4-13(9-17-14)18-6-2-1-3-7-18/h4-5,9,12H,1-3,6-8,10-11H2. The molecule has 0 aliphatic carbocycles. The zero-order chi connectivity index (χ0) is 16.4. The molecule has 0 radical (unpaired) electrons. The van der Waals surface area contributed by atoms with E-state index in [4.69, 9.17) is 0 Å². The van der Waals surface area contributed by atoms with Crippen LogP contribution in [0.2, 0.25) is 0 Å². The van der Waals surface area contributed by atoms with E-state index in [-0.39, 0.29) is 18.9 Å². The van der Waals surface area contributed by atoms with Gasteiger partial charge in [0, 0.05) is 32.0 Å². The van der Waals surface area contributed by atoms with Crippen LogP contribution in [0.4, 0.5) is 15.4 Å². The number of carbonyl (C=O) groups is 1. The van der Waals surface area contributed by atoms with Gasteiger partial charge < -0.3 is 4.90 Å². The number of amides is 1. The van der Waals surface area contributed by atoms with E-state index in [1.807, 2.05) is 6.07 Å². The van der Waals surface area contributed by atoms with Crippen molar-refractivity contribution < 1.29 is 17.1 Å². The Morgan fingerprint density at radius 2 is 1.96 bits per heavy atom. The molecule has 2 saturated heterocycles. The maximum atomic E-state index is 12.8. The molecule has 2 aliphatic rings. The second-order valence-corrected chi connectivity index (χ2v) is 7.61. The molecule has 1 aromatic heterocycles. The molecule has 0 N–H and O–H groups in total. The molecule has 8 heteroatoms. The van der Waals surface area contributed by atoms with Crippen LogP contribution < -0.4 is 9.80 Å². The third-order valence-corrected chi connectivity index (χ3v) is 5.24. The van der Waals surface area contributed by atoms with Crippen LogP contribution in [0.3, 0.4) is 0 Å². The summed E-state index contributed by atoms with van der Waals surface area (Å²) in [6.07, 6.45) is 5.38. The molecule has 0 saturated carbocycles. The normalized spacial score (nSPS) is 22.7. The molecule has 23 heavy (non-hydrogen) atoms. The van der Waals surface area contributed by atoms with E-state index in [1.54, 1.807) is 12.3 Å². The minimum atomic E-state index is -4.56. The van der Waals surface area contributed by atoms with Crippen LogP contribution in [0.25, 0.3) is 0 Å². The maximum absolute atomic E-state index is 12.8. The van der Waals surface area contributed by atoms with Crippen LogP contribution in [0.15, 0.2) is 18.3 Å². The Bertz CT molecular complexity index is 672. The number of hydrogen-bond donors (Lipinski definition) is 0. The minimum absolute atomic E-state index is 0.0404. The van der Waals surface area contributed by atoms with Crippen LogP contribution in [-0.2, 0) is 15.0 Å². The molecular weight excluding hydrogens is 321 g/mol. The molecule has 3 rings (SSSR count). The quantitative estimate of drug-likeness (QED) is 0.780. The molecule has 1 amide bonds. The number of hydrogen-bond acceptors (Lipinski definition) is 5. The van der Waals surface area contributed by atoms with Gasteiger partial charge >= 0.3 is 10.2 Å². The average molecular weight is 341 g/mol. The first-order valence-corrected chi connectivity index (χ1v) is 9.41. The number of halogens is 1. The van der Waals surface area contributed by atoms with Crippen molar-refractivity contribution in [1.29, 1.82) is 0 Å². The number of piperidine rings is 1. The summed E-state index contributed by atoms with van der Waals surface area (Å²) in [6.45, 7) is 2.22. The zero-order valence-electron chi connectivity index (χ0n) is 12.8. The van der Waals surface area contributed by atoms with Crippen LogP contribution >= 0.6 is 0 Å². The Morgan fingerprint density at radius 3 is 2.57 bits per heavy atom. The van der Waals surface area contributed by atoms with Gasteiger partial charge in [0.2, 0.25) is 5.91 Å². The molecule has 6 nitrogen and oxygen atoms in total. The Labute approximate surface area is 135 Å². The Kier molecular flexibility index (Phi) is 4.52. The van der Waals surface area contributed by atoms with Gasteiger partial charge in [-0.15, -0.1) is 3.89 Å². The van der Waals surface area contributed by atoms with Gasteiger partial charge in [-0.3, -0.25) is 9.69 Å². The third-order valence-electron chi connectivity index (χ3n) is 4.37. The fraction of sp³-hybridized carbons (Fsp3) is 0.600. The highest BCUT2D eigenvalue weighted by Crippen LogP contribution is 2.27. The van der Waals surface area contributed by atoms with Gasteiger partial charge in [-0.2, -0.15) is 8.42 Å². The molecule has 0 bridgehead atoms. The van der Waals surface area contributed by atoms with E-state index in [0.717, 1.165) is 18.8 Å². The smallest absolute Gasteiger partial charge is 0.302 e. The highest BCUT2D eigenvalue weighted by atomic mass is 32.3. The van der Waals surface area contributed by atoms with Crippen molar-refractivity contribution in [2.45, 2.75) is 25.7 Å². The predicted molar refractivity (Wildman–Crippen MR) is 85.7 cm³/mol. The summed E-state index contributed by atoms with van der Waals surface area (Å²) in [5, 5.41) is 0. The number of aromatic nitrogens is 1. The Morgan fingerprint density at radius 1 is 1.22 bits per heavy atom. The molecule has 1 unspecified atom stereocenters. The summed E-state index contributed by atoms with van der Waals surface area (Å²) >= 11 is 0. The number of nitrogens with zero attached hydrogens (tertiary/aromatic N) is 3. The van der Waals surface area contributed by atoms with Crippen LogP contribution in [-0.4, -0.2) is 44.7 Å². The molecule has 1 atom stereocenters. The molecule has 0 aromatic carbocycles. The SMILES string of the molecule is O=C1CC(CS(=O)(=O)F)CN1c1ccc(N2CCCCC2)cn1. The highest BCUT2D eigenvalue weighted by molar-refractivity contribution is 7.86. The van der Waals surface area contributed by atoms with Gasteiger partial charge in [0.25, 0.3) is 0 Å². The average Bonchev–Trinajstić information content (AvgIpc) is 2.87. The molecule has 1 aromatic rings. The summed E-state index contributed by atoms with van der Waals surface area (Å²) < 4.78 is 34.3. The fourth-order valence-corrected chi connectivity index (χ4v) is 4.06. The van der Waals surface area contributed by atoms with E-state index in [9.17, 15) is 17.1 Å². The maximum Gasteiger partial charge on any atom is 0.302 e. The lowest BCUT2D eigenvalue weighted by molar-refractivity contribution is -0.117. The molecule has 126 valence electrons. The van der Waals surface area contributed by atoms with Crippen LogP contribution in [0.5, 0.6) is 0 Å². The van der Waals surface area contributed by atoms with E-state index >= 15 is 0 Å². The van der Waals surface area contributed by atoms with E-state index in [2.05, 4.69) is 9.88 Å². The lowest BCUT2D eigenvalue weighted by Crippen LogP contribution is -2.30. The molecular formula is C15H20FN3O3S. The van der Waals surface area contributed by atoms with E-state index < -0.39 is 21.9 Å². The molecule has 2 aliphatic heterocycles. The molecule has 0 spiro atoms. The first kappa shape index (κ1) is 16.2. The number of rotatable bonds is 4. The third kappa shape index (κ3) is 3.99. The second kappa shape index (κ2) is 6.43. The summed E-state index contributed by atoms with van der Waals surface area (Å²) in [7, 11) is -4.56. The van der Waals surface area contributed by atoms with Gasteiger partial charge in [0.05, 0.1) is 17.6 Å². The summed E-state index contributed by atoms with van der Waals surface area (Å²) in [5.41, 5.74) is 1.03. The Hall–Kier alpha value is -1.70. The monoisotopic (exact) mass is 341 g/mol. The fourth-order valence-electron chi connectivity index (χ4n) is 3.27. The lowest BCUT2D eigenvalue weighted by Gasteiger charge is -2.28. The van der Waals surface area contributed by atoms with Crippen molar-refractivity contribution in [1.82, 2.24) is 4.98 Å². The van der Waals surface area contributed by atoms with Crippen molar-refractivity contribution in [2.24, 2.45) is 5.92 Å². The number of anilines is 2.